The van der Waals surface area contributed by atoms with Crippen molar-refractivity contribution in [1.82, 2.24) is 14.7 Å². The highest BCUT2D eigenvalue weighted by Crippen LogP contribution is 2.28. The number of ether oxygens (including phenoxy) is 1. The van der Waals surface area contributed by atoms with Gasteiger partial charge in [-0.1, -0.05) is 36.4 Å². The van der Waals surface area contributed by atoms with Crippen LogP contribution >= 0.6 is 0 Å². The highest BCUT2D eigenvalue weighted by molar-refractivity contribution is 6.00. The topological polar surface area (TPSA) is 47.4 Å². The maximum Gasteiger partial charge on any atom is 0.257 e. The number of rotatable bonds is 3. The highest BCUT2D eigenvalue weighted by Gasteiger charge is 2.25. The Morgan fingerprint density at radius 2 is 1.81 bits per heavy atom. The van der Waals surface area contributed by atoms with Crippen LogP contribution < -0.4 is 0 Å². The molecule has 6 heteroatoms. The zero-order valence-electron chi connectivity index (χ0n) is 14.1. The number of hydrogen-bond donors (Lipinski definition) is 0. The fourth-order valence-corrected chi connectivity index (χ4v) is 3.12. The van der Waals surface area contributed by atoms with Crippen LogP contribution in [0.1, 0.15) is 10.4 Å². The molecule has 5 nitrogen and oxygen atoms in total. The summed E-state index contributed by atoms with van der Waals surface area (Å²) in [5, 5.41) is 4.39. The minimum atomic E-state index is -0.349. The second-order valence-corrected chi connectivity index (χ2v) is 6.07. The van der Waals surface area contributed by atoms with E-state index in [0.717, 1.165) is 5.56 Å². The zero-order valence-corrected chi connectivity index (χ0v) is 14.1. The van der Waals surface area contributed by atoms with Gasteiger partial charge in [-0.05, 0) is 18.2 Å². The first kappa shape index (κ1) is 16.5. The molecule has 1 aromatic heterocycles. The largest absolute Gasteiger partial charge is 0.378 e. The van der Waals surface area contributed by atoms with Crippen molar-refractivity contribution in [2.24, 2.45) is 0 Å². The van der Waals surface area contributed by atoms with Gasteiger partial charge in [0.25, 0.3) is 5.91 Å². The molecule has 0 spiro atoms. The van der Waals surface area contributed by atoms with Crippen molar-refractivity contribution in [2.45, 2.75) is 0 Å². The number of morpholine rings is 1. The predicted molar refractivity (Wildman–Crippen MR) is 95.7 cm³/mol. The van der Waals surface area contributed by atoms with E-state index in [0.29, 0.717) is 43.2 Å². The highest BCUT2D eigenvalue weighted by atomic mass is 19.1. The van der Waals surface area contributed by atoms with Crippen LogP contribution in [0.2, 0.25) is 0 Å². The zero-order chi connectivity index (χ0) is 17.9. The number of halogens is 1. The summed E-state index contributed by atoms with van der Waals surface area (Å²) in [5.41, 5.74) is 2.59. The van der Waals surface area contributed by atoms with Gasteiger partial charge in [0, 0.05) is 18.7 Å². The van der Waals surface area contributed by atoms with E-state index in [1.807, 2.05) is 30.3 Å². The smallest absolute Gasteiger partial charge is 0.257 e. The number of carbonyl (C=O) groups is 1. The molecule has 0 radical (unpaired) electrons. The number of benzene rings is 2. The molecule has 0 bridgehead atoms. The first-order valence-electron chi connectivity index (χ1n) is 8.50. The Bertz CT molecular complexity index is 918. The molecule has 0 N–H and O–H groups in total. The fraction of sp³-hybridized carbons (Fsp3) is 0.200. The Morgan fingerprint density at radius 3 is 2.54 bits per heavy atom. The lowest BCUT2D eigenvalue weighted by Crippen LogP contribution is -2.40. The molecule has 2 aromatic carbocycles. The van der Waals surface area contributed by atoms with Crippen molar-refractivity contribution >= 4 is 5.91 Å². The molecule has 3 aromatic rings. The first-order chi connectivity index (χ1) is 12.7. The molecule has 0 unspecified atom stereocenters. The van der Waals surface area contributed by atoms with Crippen molar-refractivity contribution in [1.29, 1.82) is 0 Å². The van der Waals surface area contributed by atoms with E-state index in [4.69, 9.17) is 4.74 Å². The van der Waals surface area contributed by atoms with Crippen molar-refractivity contribution in [3.63, 3.8) is 0 Å². The summed E-state index contributed by atoms with van der Waals surface area (Å²) in [6.07, 6.45) is 1.56. The number of hydrogen-bond acceptors (Lipinski definition) is 3. The van der Waals surface area contributed by atoms with Crippen molar-refractivity contribution in [2.75, 3.05) is 26.3 Å². The molecule has 1 saturated heterocycles. The maximum atomic E-state index is 13.7. The van der Waals surface area contributed by atoms with Gasteiger partial charge in [-0.15, -0.1) is 0 Å². The van der Waals surface area contributed by atoms with Crippen LogP contribution in [0.3, 0.4) is 0 Å². The lowest BCUT2D eigenvalue weighted by atomic mass is 10.1. The maximum absolute atomic E-state index is 13.7. The number of nitrogens with zero attached hydrogens (tertiary/aromatic N) is 3. The summed E-state index contributed by atoms with van der Waals surface area (Å²) in [5.74, 6) is -0.437. The monoisotopic (exact) mass is 351 g/mol. The van der Waals surface area contributed by atoms with Gasteiger partial charge in [0.05, 0.1) is 36.4 Å². The van der Waals surface area contributed by atoms with Gasteiger partial charge in [0.1, 0.15) is 5.82 Å². The Morgan fingerprint density at radius 1 is 1.04 bits per heavy atom. The molecule has 4 rings (SSSR count). The lowest BCUT2D eigenvalue weighted by Gasteiger charge is -2.26. The van der Waals surface area contributed by atoms with Crippen LogP contribution in [0.4, 0.5) is 4.39 Å². The molecule has 2 heterocycles. The first-order valence-corrected chi connectivity index (χ1v) is 8.50. The second kappa shape index (κ2) is 7.09. The Labute approximate surface area is 150 Å². The summed E-state index contributed by atoms with van der Waals surface area (Å²) < 4.78 is 20.7. The average Bonchev–Trinajstić information content (AvgIpc) is 3.14. The van der Waals surface area contributed by atoms with Crippen LogP contribution in [0.15, 0.2) is 60.8 Å². The van der Waals surface area contributed by atoms with E-state index < -0.39 is 0 Å². The standard InChI is InChI=1S/C20H18FN3O2/c21-16-7-4-8-17(13-16)24-19(15-5-2-1-3-6-15)18(14-22-24)20(25)23-9-11-26-12-10-23/h1-8,13-14H,9-12H2. The number of aromatic nitrogens is 2. The summed E-state index contributed by atoms with van der Waals surface area (Å²) in [6.45, 7) is 2.17. The van der Waals surface area contributed by atoms with Crippen molar-refractivity contribution < 1.29 is 13.9 Å². The summed E-state index contributed by atoms with van der Waals surface area (Å²) in [6, 6.07) is 15.7. The molecule has 26 heavy (non-hydrogen) atoms. The molecule has 0 aliphatic carbocycles. The van der Waals surface area contributed by atoms with Crippen LogP contribution in [-0.4, -0.2) is 46.9 Å². The molecule has 0 atom stereocenters. The predicted octanol–water partition coefficient (Wildman–Crippen LogP) is 3.15. The van der Waals surface area contributed by atoms with Crippen LogP contribution in [0.5, 0.6) is 0 Å². The van der Waals surface area contributed by atoms with Crippen LogP contribution in [0, 0.1) is 5.82 Å². The third kappa shape index (κ3) is 3.11. The van der Waals surface area contributed by atoms with Crippen LogP contribution in [-0.2, 0) is 4.74 Å². The summed E-state index contributed by atoms with van der Waals surface area (Å²) in [7, 11) is 0. The van der Waals surface area contributed by atoms with Crippen molar-refractivity contribution in [3.8, 4) is 16.9 Å². The van der Waals surface area contributed by atoms with E-state index in [-0.39, 0.29) is 11.7 Å². The van der Waals surface area contributed by atoms with Gasteiger partial charge in [0.15, 0.2) is 0 Å². The molecule has 1 aliphatic heterocycles. The number of amides is 1. The third-order valence-electron chi connectivity index (χ3n) is 4.40. The quantitative estimate of drug-likeness (QED) is 0.728. The van der Waals surface area contributed by atoms with Gasteiger partial charge in [-0.3, -0.25) is 4.79 Å². The van der Waals surface area contributed by atoms with Gasteiger partial charge >= 0.3 is 0 Å². The SMILES string of the molecule is O=C(c1cnn(-c2cccc(F)c2)c1-c1ccccc1)N1CCOCC1. The molecule has 1 aliphatic rings. The van der Waals surface area contributed by atoms with E-state index in [9.17, 15) is 9.18 Å². The molecule has 1 amide bonds. The Hall–Kier alpha value is -2.99. The van der Waals surface area contributed by atoms with Crippen molar-refractivity contribution in [3.05, 3.63) is 72.2 Å². The Kier molecular flexibility index (Phi) is 4.50. The molecule has 132 valence electrons. The van der Waals surface area contributed by atoms with Gasteiger partial charge in [-0.25, -0.2) is 9.07 Å². The van der Waals surface area contributed by atoms with E-state index >= 15 is 0 Å². The van der Waals surface area contributed by atoms with Crippen LogP contribution in [0.25, 0.3) is 16.9 Å². The minimum absolute atomic E-state index is 0.0881. The van der Waals surface area contributed by atoms with E-state index in [1.165, 1.54) is 12.1 Å². The fourth-order valence-electron chi connectivity index (χ4n) is 3.12. The Balaban J connectivity index is 1.83. The third-order valence-corrected chi connectivity index (χ3v) is 4.40. The summed E-state index contributed by atoms with van der Waals surface area (Å²) in [4.78, 5) is 14.8. The normalized spacial score (nSPS) is 14.4. The summed E-state index contributed by atoms with van der Waals surface area (Å²) >= 11 is 0. The molecular formula is C20H18FN3O2. The van der Waals surface area contributed by atoms with Gasteiger partial charge in [0.2, 0.25) is 0 Å². The lowest BCUT2D eigenvalue weighted by molar-refractivity contribution is 0.0303. The van der Waals surface area contributed by atoms with Gasteiger partial charge < -0.3 is 9.64 Å². The minimum Gasteiger partial charge on any atom is -0.378 e. The molecular weight excluding hydrogens is 333 g/mol. The van der Waals surface area contributed by atoms with Gasteiger partial charge in [-0.2, -0.15) is 5.10 Å². The number of carbonyl (C=O) groups excluding carboxylic acids is 1. The second-order valence-electron chi connectivity index (χ2n) is 6.07. The van der Waals surface area contributed by atoms with E-state index in [2.05, 4.69) is 5.10 Å². The molecule has 0 saturated carbocycles. The van der Waals surface area contributed by atoms with E-state index in [1.54, 1.807) is 27.9 Å². The average molecular weight is 351 g/mol. The molecule has 1 fully saturated rings.